The molecule has 2 aromatic rings. The second kappa shape index (κ2) is 4.04. The van der Waals surface area contributed by atoms with Crippen LogP contribution in [0.15, 0.2) is 35.3 Å². The molecule has 15 heavy (non-hydrogen) atoms. The van der Waals surface area contributed by atoms with Crippen molar-refractivity contribution in [3.05, 3.63) is 40.7 Å². The number of nitrogens with zero attached hydrogens (tertiary/aromatic N) is 2. The van der Waals surface area contributed by atoms with E-state index in [0.717, 1.165) is 11.8 Å². The third kappa shape index (κ3) is 1.79. The lowest BCUT2D eigenvalue weighted by atomic mass is 10.2. The molecule has 0 aliphatic carbocycles. The van der Waals surface area contributed by atoms with Gasteiger partial charge in [-0.1, -0.05) is 12.1 Å². The molecule has 4 heteroatoms. The summed E-state index contributed by atoms with van der Waals surface area (Å²) in [6, 6.07) is 7.25. The van der Waals surface area contributed by atoms with Gasteiger partial charge in [0.05, 0.1) is 11.7 Å². The molecule has 4 nitrogen and oxygen atoms in total. The molecule has 0 fully saturated rings. The molecule has 0 bridgehead atoms. The molecule has 0 aliphatic rings. The standard InChI is InChI=1S/C11H10N2O2/c14-7-3-6-13-10-5-2-1-4-9(10)11(15)8-12-13/h1-2,4-5,7-8H,3,6H2. The Morgan fingerprint density at radius 2 is 2.13 bits per heavy atom. The summed E-state index contributed by atoms with van der Waals surface area (Å²) in [7, 11) is 0. The molecule has 0 aliphatic heterocycles. The first-order valence-corrected chi connectivity index (χ1v) is 4.71. The quantitative estimate of drug-likeness (QED) is 0.697. The van der Waals surface area contributed by atoms with Crippen LogP contribution in [0, 0.1) is 0 Å². The molecule has 1 aromatic heterocycles. The Morgan fingerprint density at radius 1 is 1.33 bits per heavy atom. The highest BCUT2D eigenvalue weighted by Gasteiger charge is 2.01. The van der Waals surface area contributed by atoms with E-state index < -0.39 is 0 Å². The number of para-hydroxylation sites is 1. The van der Waals surface area contributed by atoms with Gasteiger partial charge in [0.2, 0.25) is 5.43 Å². The number of hydrogen-bond donors (Lipinski definition) is 0. The maximum atomic E-state index is 11.5. The lowest BCUT2D eigenvalue weighted by Crippen LogP contribution is -2.12. The van der Waals surface area contributed by atoms with Crippen LogP contribution >= 0.6 is 0 Å². The second-order valence-corrected chi connectivity index (χ2v) is 3.20. The molecule has 0 spiro atoms. The highest BCUT2D eigenvalue weighted by atomic mass is 16.1. The first-order valence-electron chi connectivity index (χ1n) is 4.71. The van der Waals surface area contributed by atoms with Crippen molar-refractivity contribution in [3.8, 4) is 0 Å². The molecule has 0 N–H and O–H groups in total. The fourth-order valence-electron chi connectivity index (χ4n) is 1.51. The number of aldehydes is 1. The minimum absolute atomic E-state index is 0.0899. The van der Waals surface area contributed by atoms with Crippen molar-refractivity contribution in [3.63, 3.8) is 0 Å². The Labute approximate surface area is 86.1 Å². The molecule has 0 atom stereocenters. The van der Waals surface area contributed by atoms with Gasteiger partial charge in [0, 0.05) is 18.4 Å². The van der Waals surface area contributed by atoms with Crippen molar-refractivity contribution in [2.75, 3.05) is 0 Å². The van der Waals surface area contributed by atoms with E-state index in [4.69, 9.17) is 0 Å². The molecule has 1 aromatic carbocycles. The average molecular weight is 202 g/mol. The Balaban J connectivity index is 2.61. The number of aryl methyl sites for hydroxylation is 1. The number of benzene rings is 1. The van der Waals surface area contributed by atoms with E-state index in [9.17, 15) is 9.59 Å². The predicted octanol–water partition coefficient (Wildman–Crippen LogP) is 0.985. The summed E-state index contributed by atoms with van der Waals surface area (Å²) in [5, 5.41) is 4.63. The Hall–Kier alpha value is -1.97. The minimum Gasteiger partial charge on any atom is -0.303 e. The second-order valence-electron chi connectivity index (χ2n) is 3.20. The van der Waals surface area contributed by atoms with Crippen LogP contribution in [0.3, 0.4) is 0 Å². The number of carbonyl (C=O) groups excluding carboxylic acids is 1. The molecular formula is C11H10N2O2. The largest absolute Gasteiger partial charge is 0.303 e. The third-order valence-electron chi connectivity index (χ3n) is 2.22. The highest BCUT2D eigenvalue weighted by Crippen LogP contribution is 2.07. The van der Waals surface area contributed by atoms with Crippen molar-refractivity contribution >= 4 is 17.2 Å². The van der Waals surface area contributed by atoms with E-state index in [0.29, 0.717) is 18.4 Å². The molecule has 2 rings (SSSR count). The van der Waals surface area contributed by atoms with Crippen LogP contribution in [0.5, 0.6) is 0 Å². The van der Waals surface area contributed by atoms with Crippen molar-refractivity contribution < 1.29 is 4.79 Å². The smallest absolute Gasteiger partial charge is 0.207 e. The molecule has 0 radical (unpaired) electrons. The predicted molar refractivity (Wildman–Crippen MR) is 56.7 cm³/mol. The number of hydrogen-bond acceptors (Lipinski definition) is 3. The van der Waals surface area contributed by atoms with Crippen molar-refractivity contribution in [2.45, 2.75) is 13.0 Å². The molecule has 76 valence electrons. The lowest BCUT2D eigenvalue weighted by Gasteiger charge is -2.06. The fourth-order valence-corrected chi connectivity index (χ4v) is 1.51. The fraction of sp³-hybridized carbons (Fsp3) is 0.182. The first-order chi connectivity index (χ1) is 7.33. The van der Waals surface area contributed by atoms with Gasteiger partial charge < -0.3 is 4.79 Å². The zero-order valence-electron chi connectivity index (χ0n) is 8.09. The summed E-state index contributed by atoms with van der Waals surface area (Å²) in [5.74, 6) is 0. The zero-order chi connectivity index (χ0) is 10.7. The minimum atomic E-state index is -0.0899. The lowest BCUT2D eigenvalue weighted by molar-refractivity contribution is -0.108. The molecular weight excluding hydrogens is 192 g/mol. The molecule has 0 saturated heterocycles. The molecule has 0 saturated carbocycles. The number of fused-ring (bicyclic) bond motifs is 1. The number of rotatable bonds is 3. The van der Waals surface area contributed by atoms with E-state index in [1.807, 2.05) is 18.2 Å². The maximum Gasteiger partial charge on any atom is 0.207 e. The first kappa shape index (κ1) is 9.58. The van der Waals surface area contributed by atoms with Gasteiger partial charge in [-0.2, -0.15) is 5.10 Å². The van der Waals surface area contributed by atoms with Gasteiger partial charge in [0.25, 0.3) is 0 Å². The van der Waals surface area contributed by atoms with E-state index in [1.165, 1.54) is 6.20 Å². The monoisotopic (exact) mass is 202 g/mol. The topological polar surface area (TPSA) is 52.0 Å². The van der Waals surface area contributed by atoms with Gasteiger partial charge in [-0.05, 0) is 12.1 Å². The van der Waals surface area contributed by atoms with Crippen LogP contribution in [0.1, 0.15) is 6.42 Å². The van der Waals surface area contributed by atoms with Gasteiger partial charge >= 0.3 is 0 Å². The van der Waals surface area contributed by atoms with Gasteiger partial charge in [-0.25, -0.2) is 0 Å². The van der Waals surface area contributed by atoms with Gasteiger partial charge in [-0.15, -0.1) is 0 Å². The number of carbonyl (C=O) groups is 1. The van der Waals surface area contributed by atoms with Crippen LogP contribution < -0.4 is 5.43 Å². The molecule has 0 unspecified atom stereocenters. The van der Waals surface area contributed by atoms with Gasteiger partial charge in [0.1, 0.15) is 6.29 Å². The van der Waals surface area contributed by atoms with Gasteiger partial charge in [-0.3, -0.25) is 9.48 Å². The van der Waals surface area contributed by atoms with Crippen LogP contribution in [0.2, 0.25) is 0 Å². The van der Waals surface area contributed by atoms with Crippen molar-refractivity contribution in [1.29, 1.82) is 0 Å². The normalized spacial score (nSPS) is 10.4. The van der Waals surface area contributed by atoms with E-state index in [2.05, 4.69) is 5.10 Å². The maximum absolute atomic E-state index is 11.5. The molecule has 1 heterocycles. The Kier molecular flexibility index (Phi) is 2.58. The summed E-state index contributed by atoms with van der Waals surface area (Å²) in [4.78, 5) is 21.7. The average Bonchev–Trinajstić information content (AvgIpc) is 2.29. The van der Waals surface area contributed by atoms with Crippen molar-refractivity contribution in [2.24, 2.45) is 0 Å². The third-order valence-corrected chi connectivity index (χ3v) is 2.22. The van der Waals surface area contributed by atoms with Gasteiger partial charge in [0.15, 0.2) is 0 Å². The van der Waals surface area contributed by atoms with E-state index in [-0.39, 0.29) is 5.43 Å². The highest BCUT2D eigenvalue weighted by molar-refractivity contribution is 5.77. The summed E-state index contributed by atoms with van der Waals surface area (Å²) in [6.07, 6.45) is 2.53. The number of aromatic nitrogens is 2. The SMILES string of the molecule is O=CCCn1ncc(=O)c2ccccc21. The Morgan fingerprint density at radius 3 is 2.93 bits per heavy atom. The molecule has 0 amide bonds. The van der Waals surface area contributed by atoms with E-state index >= 15 is 0 Å². The van der Waals surface area contributed by atoms with Crippen LogP contribution in [0.4, 0.5) is 0 Å². The summed E-state index contributed by atoms with van der Waals surface area (Å²) < 4.78 is 1.67. The summed E-state index contributed by atoms with van der Waals surface area (Å²) in [5.41, 5.74) is 0.680. The summed E-state index contributed by atoms with van der Waals surface area (Å²) in [6.45, 7) is 0.504. The summed E-state index contributed by atoms with van der Waals surface area (Å²) >= 11 is 0. The van der Waals surface area contributed by atoms with Crippen molar-refractivity contribution in [1.82, 2.24) is 9.78 Å². The van der Waals surface area contributed by atoms with E-state index in [1.54, 1.807) is 10.7 Å². The van der Waals surface area contributed by atoms with Crippen LogP contribution in [-0.2, 0) is 11.3 Å². The zero-order valence-corrected chi connectivity index (χ0v) is 8.09. The van der Waals surface area contributed by atoms with Crippen LogP contribution in [-0.4, -0.2) is 16.1 Å². The van der Waals surface area contributed by atoms with Crippen LogP contribution in [0.25, 0.3) is 10.9 Å². The Bertz CT molecular complexity index is 546.